The van der Waals surface area contributed by atoms with Gasteiger partial charge >= 0.3 is 0 Å². The Kier molecular flexibility index (Phi) is 8.43. The Bertz CT molecular complexity index is 4260. The van der Waals surface area contributed by atoms with Crippen molar-refractivity contribution in [1.82, 2.24) is 28.7 Å². The molecule has 15 rings (SSSR count). The van der Waals surface area contributed by atoms with Crippen LogP contribution in [0.1, 0.15) is 0 Å². The molecule has 6 nitrogen and oxygen atoms in total. The van der Waals surface area contributed by atoms with E-state index < -0.39 is 0 Å². The van der Waals surface area contributed by atoms with Gasteiger partial charge in [-0.15, -0.1) is 11.3 Å². The van der Waals surface area contributed by atoms with Crippen LogP contribution in [-0.2, 0) is 0 Å². The van der Waals surface area contributed by atoms with Crippen LogP contribution in [0.2, 0.25) is 0 Å². The summed E-state index contributed by atoms with van der Waals surface area (Å²) in [5.41, 5.74) is 13.3. The van der Waals surface area contributed by atoms with E-state index in [1.165, 1.54) is 74.6 Å². The highest BCUT2D eigenvalue weighted by atomic mass is 32.1. The molecular formula is C63H38N6S. The predicted molar refractivity (Wildman–Crippen MR) is 292 cm³/mol. The fourth-order valence-electron chi connectivity index (χ4n) is 10.9. The minimum atomic E-state index is 0.644. The monoisotopic (exact) mass is 910 g/mol. The summed E-state index contributed by atoms with van der Waals surface area (Å²) in [5.74, 6) is 1.94. The van der Waals surface area contributed by atoms with Gasteiger partial charge in [0.1, 0.15) is 0 Å². The van der Waals surface area contributed by atoms with E-state index in [-0.39, 0.29) is 0 Å². The van der Waals surface area contributed by atoms with E-state index >= 15 is 0 Å². The van der Waals surface area contributed by atoms with Gasteiger partial charge in [-0.25, -0.2) is 15.0 Å². The zero-order valence-electron chi connectivity index (χ0n) is 37.5. The van der Waals surface area contributed by atoms with E-state index in [0.29, 0.717) is 17.5 Å². The lowest BCUT2D eigenvalue weighted by Gasteiger charge is -2.11. The lowest BCUT2D eigenvalue weighted by molar-refractivity contribution is 1.07. The third-order valence-electron chi connectivity index (χ3n) is 14.1. The molecule has 10 aromatic carbocycles. The van der Waals surface area contributed by atoms with Crippen molar-refractivity contribution in [2.45, 2.75) is 0 Å². The second-order valence-corrected chi connectivity index (χ2v) is 19.1. The van der Waals surface area contributed by atoms with Crippen LogP contribution in [0.4, 0.5) is 0 Å². The van der Waals surface area contributed by atoms with E-state index in [0.717, 1.165) is 44.8 Å². The maximum atomic E-state index is 5.09. The van der Waals surface area contributed by atoms with Crippen molar-refractivity contribution < 1.29 is 0 Å². The summed E-state index contributed by atoms with van der Waals surface area (Å²) in [6, 6.07) is 82.9. The van der Waals surface area contributed by atoms with Crippen molar-refractivity contribution in [3.63, 3.8) is 0 Å². The molecule has 15 aromatic rings. The molecule has 5 heterocycles. The molecule has 0 aliphatic heterocycles. The smallest absolute Gasteiger partial charge is 0.164 e. The molecule has 0 spiro atoms. The zero-order chi connectivity index (χ0) is 45.9. The summed E-state index contributed by atoms with van der Waals surface area (Å²) in [4.78, 5) is 15.1. The summed E-state index contributed by atoms with van der Waals surface area (Å²) in [6.07, 6.45) is 0. The van der Waals surface area contributed by atoms with Gasteiger partial charge in [-0.3, -0.25) is 0 Å². The largest absolute Gasteiger partial charge is 0.309 e. The third kappa shape index (κ3) is 5.89. The van der Waals surface area contributed by atoms with E-state index in [9.17, 15) is 0 Å². The normalized spacial score (nSPS) is 12.0. The topological polar surface area (TPSA) is 53.5 Å². The van der Waals surface area contributed by atoms with Crippen LogP contribution in [0.25, 0.3) is 137 Å². The van der Waals surface area contributed by atoms with Crippen molar-refractivity contribution in [3.8, 4) is 51.2 Å². The highest BCUT2D eigenvalue weighted by molar-refractivity contribution is 7.25. The van der Waals surface area contributed by atoms with E-state index in [4.69, 9.17) is 15.0 Å². The minimum absolute atomic E-state index is 0.644. The Labute approximate surface area is 405 Å². The fraction of sp³-hybridized carbons (Fsp3) is 0. The van der Waals surface area contributed by atoms with Gasteiger partial charge in [0.15, 0.2) is 17.5 Å². The van der Waals surface area contributed by atoms with Gasteiger partial charge in [0.2, 0.25) is 0 Å². The lowest BCUT2D eigenvalue weighted by atomic mass is 10.1. The molecule has 326 valence electrons. The molecule has 0 radical (unpaired) electrons. The van der Waals surface area contributed by atoms with Gasteiger partial charge in [0.05, 0.1) is 33.1 Å². The summed E-state index contributed by atoms with van der Waals surface area (Å²) < 4.78 is 9.73. The van der Waals surface area contributed by atoms with Gasteiger partial charge in [-0.1, -0.05) is 133 Å². The summed E-state index contributed by atoms with van der Waals surface area (Å²) in [5, 5.41) is 9.73. The second-order valence-electron chi connectivity index (χ2n) is 18.0. The number of fused-ring (bicyclic) bond motifs is 12. The first kappa shape index (κ1) is 38.9. The highest BCUT2D eigenvalue weighted by Gasteiger charge is 2.20. The molecule has 0 saturated carbocycles. The lowest BCUT2D eigenvalue weighted by Crippen LogP contribution is -2.00. The van der Waals surface area contributed by atoms with Crippen molar-refractivity contribution >= 4 is 96.9 Å². The molecule has 0 saturated heterocycles. The van der Waals surface area contributed by atoms with E-state index in [1.54, 1.807) is 0 Å². The number of hydrogen-bond donors (Lipinski definition) is 0. The Balaban J connectivity index is 0.949. The number of nitrogens with zero attached hydrogens (tertiary/aromatic N) is 6. The van der Waals surface area contributed by atoms with Crippen molar-refractivity contribution in [2.24, 2.45) is 0 Å². The van der Waals surface area contributed by atoms with Gasteiger partial charge in [0.25, 0.3) is 0 Å². The second kappa shape index (κ2) is 15.2. The van der Waals surface area contributed by atoms with Crippen LogP contribution in [0, 0.1) is 0 Å². The average molecular weight is 911 g/mol. The first-order valence-corrected chi connectivity index (χ1v) is 24.4. The number of aromatic nitrogens is 6. The average Bonchev–Trinajstić information content (AvgIpc) is 4.17. The standard InChI is InChI=1S/C63H38N6S/c1-3-15-39(16-4-1)61-64-62(40-17-5-2-6-18-40)66-63(65-61)41-27-33-59-51(35-41)52-38-44(30-34-60(52)70-59)69-57-31-28-42(67-53-23-11-7-19-45(53)46-20-8-12-24-54(46)67)36-49(57)50-37-43(29-32-58(50)69)68-55-25-13-9-21-47(55)48-22-10-14-26-56(48)68/h1-38H. The quantitative estimate of drug-likeness (QED) is 0.167. The third-order valence-corrected chi connectivity index (χ3v) is 15.2. The molecule has 0 aliphatic rings. The number of para-hydroxylation sites is 4. The number of benzene rings is 10. The maximum Gasteiger partial charge on any atom is 0.164 e. The van der Waals surface area contributed by atoms with Crippen molar-refractivity contribution in [3.05, 3.63) is 231 Å². The molecule has 7 heteroatoms. The Morgan fingerprint density at radius 3 is 1.01 bits per heavy atom. The molecule has 5 aromatic heterocycles. The van der Waals surface area contributed by atoms with Gasteiger partial charge in [-0.05, 0) is 97.1 Å². The van der Waals surface area contributed by atoms with Crippen LogP contribution >= 0.6 is 11.3 Å². The Hall–Kier alpha value is -9.17. The molecule has 0 unspecified atom stereocenters. The highest BCUT2D eigenvalue weighted by Crippen LogP contribution is 2.42. The van der Waals surface area contributed by atoms with Crippen LogP contribution in [0.15, 0.2) is 231 Å². The SMILES string of the molecule is c1ccc(-c2nc(-c3ccccc3)nc(-c3ccc4sc5ccc(-n6c7ccc(-n8c9ccccc9c9ccccc98)cc7c7cc(-n8c9ccccc9c9ccccc98)ccc76)cc5c4c3)n2)cc1. The molecule has 0 fully saturated rings. The predicted octanol–water partition coefficient (Wildman–Crippen LogP) is 16.5. The van der Waals surface area contributed by atoms with E-state index in [1.807, 2.05) is 47.7 Å². The molecule has 0 bridgehead atoms. The molecule has 0 aliphatic carbocycles. The van der Waals surface area contributed by atoms with Gasteiger partial charge < -0.3 is 13.7 Å². The first-order valence-electron chi connectivity index (χ1n) is 23.6. The summed E-state index contributed by atoms with van der Waals surface area (Å²) in [6.45, 7) is 0. The number of rotatable bonds is 6. The van der Waals surface area contributed by atoms with Crippen LogP contribution in [-0.4, -0.2) is 28.7 Å². The van der Waals surface area contributed by atoms with Crippen LogP contribution < -0.4 is 0 Å². The van der Waals surface area contributed by atoms with Gasteiger partial charge in [0, 0.05) is 86.2 Å². The maximum absolute atomic E-state index is 5.09. The molecule has 0 atom stereocenters. The van der Waals surface area contributed by atoms with Crippen LogP contribution in [0.5, 0.6) is 0 Å². The van der Waals surface area contributed by atoms with Crippen molar-refractivity contribution in [1.29, 1.82) is 0 Å². The van der Waals surface area contributed by atoms with Gasteiger partial charge in [-0.2, -0.15) is 0 Å². The minimum Gasteiger partial charge on any atom is -0.309 e. The number of thiophene rings is 1. The molecule has 0 amide bonds. The molecule has 70 heavy (non-hydrogen) atoms. The zero-order valence-corrected chi connectivity index (χ0v) is 38.3. The molecule has 0 N–H and O–H groups in total. The Morgan fingerprint density at radius 2 is 0.571 bits per heavy atom. The summed E-state index contributed by atoms with van der Waals surface area (Å²) in [7, 11) is 0. The van der Waals surface area contributed by atoms with E-state index in [2.05, 4.69) is 208 Å². The fourth-order valence-corrected chi connectivity index (χ4v) is 12.0. The number of hydrogen-bond acceptors (Lipinski definition) is 4. The first-order chi connectivity index (χ1) is 34.7. The Morgan fingerprint density at radius 1 is 0.243 bits per heavy atom. The van der Waals surface area contributed by atoms with Crippen LogP contribution in [0.3, 0.4) is 0 Å². The molecular weight excluding hydrogens is 873 g/mol. The van der Waals surface area contributed by atoms with Crippen molar-refractivity contribution in [2.75, 3.05) is 0 Å². The summed E-state index contributed by atoms with van der Waals surface area (Å²) >= 11 is 1.82.